The normalized spacial score (nSPS) is 17.8. The van der Waals surface area contributed by atoms with Crippen molar-refractivity contribution >= 4 is 0 Å². The van der Waals surface area contributed by atoms with E-state index in [4.69, 9.17) is 4.52 Å². The van der Waals surface area contributed by atoms with Gasteiger partial charge in [0.25, 0.3) is 0 Å². The maximum atomic E-state index is 5.26. The molecule has 1 aliphatic rings. The molecule has 0 spiro atoms. The zero-order chi connectivity index (χ0) is 10.8. The lowest BCUT2D eigenvalue weighted by molar-refractivity contribution is 0.320. The van der Waals surface area contributed by atoms with Gasteiger partial charge in [-0.2, -0.15) is 20.4 Å². The summed E-state index contributed by atoms with van der Waals surface area (Å²) in [6.45, 7) is 2.01. The van der Waals surface area contributed by atoms with Crippen LogP contribution in [-0.4, -0.2) is 38.6 Å². The highest BCUT2D eigenvalue weighted by Crippen LogP contribution is 2.24. The Kier molecular flexibility index (Phi) is 2.37. The zero-order valence-electron chi connectivity index (χ0n) is 8.68. The van der Waals surface area contributed by atoms with Gasteiger partial charge in [0.05, 0.1) is 6.20 Å². The minimum atomic E-state index is 0.370. The van der Waals surface area contributed by atoms with Gasteiger partial charge in [-0.25, -0.2) is 0 Å². The van der Waals surface area contributed by atoms with E-state index >= 15 is 0 Å². The molecule has 0 aliphatic carbocycles. The van der Waals surface area contributed by atoms with Crippen molar-refractivity contribution in [3.8, 4) is 11.5 Å². The van der Waals surface area contributed by atoms with Gasteiger partial charge in [0.15, 0.2) is 5.69 Å². The van der Waals surface area contributed by atoms with Crippen molar-refractivity contribution in [2.75, 3.05) is 13.1 Å². The summed E-state index contributed by atoms with van der Waals surface area (Å²) in [6, 6.07) is 0. The van der Waals surface area contributed by atoms with Gasteiger partial charge in [0.2, 0.25) is 11.7 Å². The summed E-state index contributed by atoms with van der Waals surface area (Å²) >= 11 is 0. The maximum Gasteiger partial charge on any atom is 0.230 e. The second-order valence-electron chi connectivity index (χ2n) is 3.84. The van der Waals surface area contributed by atoms with Gasteiger partial charge in [0, 0.05) is 5.92 Å². The van der Waals surface area contributed by atoms with Crippen molar-refractivity contribution in [2.24, 2.45) is 0 Å². The van der Waals surface area contributed by atoms with Crippen LogP contribution in [0.1, 0.15) is 24.7 Å². The van der Waals surface area contributed by atoms with E-state index in [1.54, 1.807) is 6.20 Å². The van der Waals surface area contributed by atoms with Crippen molar-refractivity contribution in [1.82, 2.24) is 30.9 Å². The van der Waals surface area contributed by atoms with Crippen LogP contribution in [0.25, 0.3) is 11.5 Å². The summed E-state index contributed by atoms with van der Waals surface area (Å²) in [7, 11) is 0. The molecule has 1 saturated heterocycles. The van der Waals surface area contributed by atoms with Crippen LogP contribution in [0.3, 0.4) is 0 Å². The number of aromatic amines is 1. The lowest BCUT2D eigenvalue weighted by Crippen LogP contribution is -2.26. The molecule has 1 fully saturated rings. The van der Waals surface area contributed by atoms with Crippen LogP contribution in [0.5, 0.6) is 0 Å². The molecule has 1 aliphatic heterocycles. The molecule has 0 atom stereocenters. The second-order valence-corrected chi connectivity index (χ2v) is 3.84. The standard InChI is InChI=1S/C9H12N6O/c1-3-10-4-2-6(1)9-12-8(14-16-9)7-5-11-15-13-7/h5-6,10H,1-4H2,(H,11,13,15). The third-order valence-corrected chi connectivity index (χ3v) is 2.77. The monoisotopic (exact) mass is 220 g/mol. The van der Waals surface area contributed by atoms with Crippen LogP contribution in [0.15, 0.2) is 10.7 Å². The zero-order valence-corrected chi connectivity index (χ0v) is 8.68. The van der Waals surface area contributed by atoms with Gasteiger partial charge in [-0.1, -0.05) is 5.16 Å². The van der Waals surface area contributed by atoms with E-state index < -0.39 is 0 Å². The van der Waals surface area contributed by atoms with Crippen molar-refractivity contribution in [3.05, 3.63) is 12.1 Å². The molecule has 0 saturated carbocycles. The molecular formula is C9H12N6O. The van der Waals surface area contributed by atoms with Crippen LogP contribution in [-0.2, 0) is 0 Å². The average molecular weight is 220 g/mol. The predicted molar refractivity (Wildman–Crippen MR) is 54.5 cm³/mol. The molecule has 0 unspecified atom stereocenters. The Hall–Kier alpha value is -1.76. The summed E-state index contributed by atoms with van der Waals surface area (Å²) < 4.78 is 5.26. The lowest BCUT2D eigenvalue weighted by Gasteiger charge is -2.18. The Labute approximate surface area is 91.6 Å². The summed E-state index contributed by atoms with van der Waals surface area (Å²) in [4.78, 5) is 4.35. The number of piperidine rings is 1. The van der Waals surface area contributed by atoms with E-state index in [9.17, 15) is 0 Å². The van der Waals surface area contributed by atoms with Crippen molar-refractivity contribution in [3.63, 3.8) is 0 Å². The minimum absolute atomic E-state index is 0.370. The second kappa shape index (κ2) is 4.01. The van der Waals surface area contributed by atoms with Gasteiger partial charge in [-0.15, -0.1) is 0 Å². The molecule has 2 N–H and O–H groups in total. The molecule has 7 heteroatoms. The fraction of sp³-hybridized carbons (Fsp3) is 0.556. The smallest absolute Gasteiger partial charge is 0.230 e. The average Bonchev–Trinajstić information content (AvgIpc) is 3.01. The fourth-order valence-electron chi connectivity index (χ4n) is 1.88. The van der Waals surface area contributed by atoms with E-state index in [-0.39, 0.29) is 0 Å². The Morgan fingerprint density at radius 1 is 1.31 bits per heavy atom. The number of aromatic nitrogens is 5. The molecule has 3 heterocycles. The molecule has 3 rings (SSSR count). The molecular weight excluding hydrogens is 208 g/mol. The molecule has 0 radical (unpaired) electrons. The van der Waals surface area contributed by atoms with Crippen LogP contribution in [0.2, 0.25) is 0 Å². The summed E-state index contributed by atoms with van der Waals surface area (Å²) in [5.74, 6) is 1.58. The Morgan fingerprint density at radius 2 is 2.19 bits per heavy atom. The molecule has 2 aromatic heterocycles. The van der Waals surface area contributed by atoms with E-state index in [0.29, 0.717) is 23.3 Å². The minimum Gasteiger partial charge on any atom is -0.339 e. The molecule has 16 heavy (non-hydrogen) atoms. The Bertz CT molecular complexity index is 444. The van der Waals surface area contributed by atoms with Crippen LogP contribution < -0.4 is 5.32 Å². The largest absolute Gasteiger partial charge is 0.339 e. The first-order valence-corrected chi connectivity index (χ1v) is 5.34. The Balaban J connectivity index is 1.82. The van der Waals surface area contributed by atoms with Crippen molar-refractivity contribution in [1.29, 1.82) is 0 Å². The number of rotatable bonds is 2. The van der Waals surface area contributed by atoms with Crippen LogP contribution in [0, 0.1) is 0 Å². The molecule has 7 nitrogen and oxygen atoms in total. The number of H-pyrrole nitrogens is 1. The highest BCUT2D eigenvalue weighted by atomic mass is 16.5. The molecule has 0 bridgehead atoms. The number of nitrogens with zero attached hydrogens (tertiary/aromatic N) is 4. The number of hydrogen-bond acceptors (Lipinski definition) is 6. The molecule has 0 amide bonds. The first kappa shape index (κ1) is 9.46. The van der Waals surface area contributed by atoms with Crippen molar-refractivity contribution in [2.45, 2.75) is 18.8 Å². The van der Waals surface area contributed by atoms with E-state index in [1.165, 1.54) is 0 Å². The maximum absolute atomic E-state index is 5.26. The summed E-state index contributed by atoms with van der Waals surface area (Å²) in [5.41, 5.74) is 0.615. The summed E-state index contributed by atoms with van der Waals surface area (Å²) in [5, 5.41) is 17.4. The predicted octanol–water partition coefficient (Wildman–Crippen LogP) is 0.322. The molecule has 0 aromatic carbocycles. The molecule has 84 valence electrons. The van der Waals surface area contributed by atoms with Gasteiger partial charge in [-0.3, -0.25) is 0 Å². The third kappa shape index (κ3) is 1.69. The van der Waals surface area contributed by atoms with E-state index in [0.717, 1.165) is 25.9 Å². The highest BCUT2D eigenvalue weighted by molar-refractivity contribution is 5.44. The Morgan fingerprint density at radius 3 is 2.94 bits per heavy atom. The third-order valence-electron chi connectivity index (χ3n) is 2.77. The molecule has 2 aromatic rings. The van der Waals surface area contributed by atoms with E-state index in [1.807, 2.05) is 0 Å². The van der Waals surface area contributed by atoms with Gasteiger partial charge in [-0.05, 0) is 25.9 Å². The topological polar surface area (TPSA) is 92.5 Å². The number of nitrogens with one attached hydrogen (secondary N) is 2. The first-order valence-electron chi connectivity index (χ1n) is 5.34. The van der Waals surface area contributed by atoms with Crippen LogP contribution >= 0.6 is 0 Å². The fourth-order valence-corrected chi connectivity index (χ4v) is 1.88. The quantitative estimate of drug-likeness (QED) is 0.757. The number of hydrogen-bond donors (Lipinski definition) is 2. The summed E-state index contributed by atoms with van der Waals surface area (Å²) in [6.07, 6.45) is 3.66. The van der Waals surface area contributed by atoms with E-state index in [2.05, 4.69) is 30.9 Å². The highest BCUT2D eigenvalue weighted by Gasteiger charge is 2.22. The lowest BCUT2D eigenvalue weighted by atomic mass is 9.98. The van der Waals surface area contributed by atoms with Gasteiger partial charge in [0.1, 0.15) is 0 Å². The SMILES string of the molecule is c1n[nH]nc1-c1noc(C2CCNCC2)n1. The van der Waals surface area contributed by atoms with Crippen LogP contribution in [0.4, 0.5) is 0 Å². The van der Waals surface area contributed by atoms with Gasteiger partial charge >= 0.3 is 0 Å². The van der Waals surface area contributed by atoms with Crippen molar-refractivity contribution < 1.29 is 4.52 Å². The first-order chi connectivity index (χ1) is 7.93. The van der Waals surface area contributed by atoms with Gasteiger partial charge < -0.3 is 9.84 Å².